The minimum atomic E-state index is -0.312. The lowest BCUT2D eigenvalue weighted by Crippen LogP contribution is -2.41. The molecule has 0 bridgehead atoms. The third-order valence-electron chi connectivity index (χ3n) is 6.07. The number of rotatable bonds is 5. The molecule has 1 fully saturated rings. The Kier molecular flexibility index (Phi) is 6.14. The molecule has 5 heteroatoms. The Bertz CT molecular complexity index is 1040. The van der Waals surface area contributed by atoms with Crippen molar-refractivity contribution in [2.24, 2.45) is 0 Å². The van der Waals surface area contributed by atoms with Crippen LogP contribution in [0.25, 0.3) is 11.1 Å². The van der Waals surface area contributed by atoms with Crippen molar-refractivity contribution in [2.75, 3.05) is 20.2 Å². The van der Waals surface area contributed by atoms with Crippen molar-refractivity contribution in [1.82, 2.24) is 9.47 Å². The molecule has 0 saturated carbocycles. The number of aliphatic hydroxyl groups is 1. The maximum Gasteiger partial charge on any atom is 0.271 e. The Hall–Kier alpha value is -3.05. The number of nitrogens with zero attached hydrogens (tertiary/aromatic N) is 2. The van der Waals surface area contributed by atoms with Crippen LogP contribution in [0.3, 0.4) is 0 Å². The van der Waals surface area contributed by atoms with Gasteiger partial charge in [0.2, 0.25) is 0 Å². The predicted octanol–water partition coefficient (Wildman–Crippen LogP) is 4.43. The van der Waals surface area contributed by atoms with E-state index in [2.05, 4.69) is 48.9 Å². The highest BCUT2D eigenvalue weighted by Crippen LogP contribution is 2.32. The van der Waals surface area contributed by atoms with Crippen molar-refractivity contribution in [3.8, 4) is 16.9 Å². The quantitative estimate of drug-likeness (QED) is 0.667. The van der Waals surface area contributed by atoms with Crippen LogP contribution in [0.5, 0.6) is 5.75 Å². The summed E-state index contributed by atoms with van der Waals surface area (Å²) < 4.78 is 7.34. The largest absolute Gasteiger partial charge is 0.497 e. The first-order valence-corrected chi connectivity index (χ1v) is 10.8. The van der Waals surface area contributed by atoms with E-state index in [1.54, 1.807) is 7.11 Å². The molecule has 2 aromatic carbocycles. The smallest absolute Gasteiger partial charge is 0.271 e. The number of hydrogen-bond donors (Lipinski definition) is 1. The molecular weight excluding hydrogens is 388 g/mol. The van der Waals surface area contributed by atoms with Gasteiger partial charge in [-0.25, -0.2) is 0 Å². The SMILES string of the molecule is COc1ccc(Cn2cc(C)c(-c3ccc(C)cc3)c2C(=O)N2CCC(O)CC2)cc1. The Labute approximate surface area is 183 Å². The number of likely N-dealkylation sites (tertiary alicyclic amines) is 1. The second-order valence-electron chi connectivity index (χ2n) is 8.40. The standard InChI is InChI=1S/C26H30N2O3/c1-18-4-8-21(9-5-18)24-19(2)16-28(17-20-6-10-23(31-3)11-7-20)25(24)26(30)27-14-12-22(29)13-15-27/h4-11,16,22,29H,12-15,17H2,1-3H3. The van der Waals surface area contributed by atoms with Crippen LogP contribution in [0.4, 0.5) is 0 Å². The lowest BCUT2D eigenvalue weighted by atomic mass is 9.99. The predicted molar refractivity (Wildman–Crippen MR) is 123 cm³/mol. The summed E-state index contributed by atoms with van der Waals surface area (Å²) in [6.45, 7) is 5.90. The summed E-state index contributed by atoms with van der Waals surface area (Å²) in [6.07, 6.45) is 3.02. The van der Waals surface area contributed by atoms with Crippen LogP contribution < -0.4 is 4.74 Å². The van der Waals surface area contributed by atoms with Gasteiger partial charge in [0, 0.05) is 31.4 Å². The van der Waals surface area contributed by atoms with Gasteiger partial charge in [-0.15, -0.1) is 0 Å². The van der Waals surface area contributed by atoms with E-state index in [0.29, 0.717) is 38.2 Å². The molecule has 0 unspecified atom stereocenters. The molecule has 0 radical (unpaired) electrons. The van der Waals surface area contributed by atoms with Gasteiger partial charge in [0.1, 0.15) is 11.4 Å². The van der Waals surface area contributed by atoms with Gasteiger partial charge in [0.15, 0.2) is 0 Å². The molecule has 0 atom stereocenters. The van der Waals surface area contributed by atoms with Crippen molar-refractivity contribution >= 4 is 5.91 Å². The summed E-state index contributed by atoms with van der Waals surface area (Å²) in [5.74, 6) is 0.847. The maximum atomic E-state index is 13.7. The summed E-state index contributed by atoms with van der Waals surface area (Å²) in [4.78, 5) is 15.6. The van der Waals surface area contributed by atoms with Crippen LogP contribution in [0, 0.1) is 13.8 Å². The normalized spacial score (nSPS) is 14.6. The zero-order valence-corrected chi connectivity index (χ0v) is 18.5. The summed E-state index contributed by atoms with van der Waals surface area (Å²) in [6, 6.07) is 16.3. The van der Waals surface area contributed by atoms with Gasteiger partial charge in [-0.2, -0.15) is 0 Å². The molecule has 1 N–H and O–H groups in total. The number of ether oxygens (including phenoxy) is 1. The minimum Gasteiger partial charge on any atom is -0.497 e. The molecule has 2 heterocycles. The number of aliphatic hydroxyl groups excluding tert-OH is 1. The first-order chi connectivity index (χ1) is 15.0. The van der Waals surface area contributed by atoms with E-state index in [-0.39, 0.29) is 12.0 Å². The second-order valence-corrected chi connectivity index (χ2v) is 8.40. The molecule has 1 aliphatic rings. The third kappa shape index (κ3) is 4.52. The maximum absolute atomic E-state index is 13.7. The van der Waals surface area contributed by atoms with Crippen molar-refractivity contribution in [2.45, 2.75) is 39.3 Å². The average molecular weight is 419 g/mol. The van der Waals surface area contributed by atoms with Crippen LogP contribution in [0.1, 0.15) is 40.0 Å². The number of aryl methyl sites for hydroxylation is 2. The highest BCUT2D eigenvalue weighted by atomic mass is 16.5. The van der Waals surface area contributed by atoms with Crippen LogP contribution in [-0.2, 0) is 6.54 Å². The van der Waals surface area contributed by atoms with E-state index in [1.165, 1.54) is 5.56 Å². The molecule has 0 spiro atoms. The van der Waals surface area contributed by atoms with Crippen LogP contribution in [0.2, 0.25) is 0 Å². The Morgan fingerprint density at radius 1 is 1.03 bits per heavy atom. The van der Waals surface area contributed by atoms with E-state index in [9.17, 15) is 9.90 Å². The fourth-order valence-electron chi connectivity index (χ4n) is 4.28. The average Bonchev–Trinajstić information content (AvgIpc) is 3.10. The van der Waals surface area contributed by atoms with Gasteiger partial charge in [0.25, 0.3) is 5.91 Å². The Balaban J connectivity index is 1.75. The molecule has 1 aliphatic heterocycles. The first-order valence-electron chi connectivity index (χ1n) is 10.8. The summed E-state index contributed by atoms with van der Waals surface area (Å²) in [5, 5.41) is 9.88. The van der Waals surface area contributed by atoms with Crippen molar-refractivity contribution in [3.63, 3.8) is 0 Å². The lowest BCUT2D eigenvalue weighted by molar-refractivity contribution is 0.0538. The Morgan fingerprint density at radius 3 is 2.29 bits per heavy atom. The number of benzene rings is 2. The molecule has 1 amide bonds. The highest BCUT2D eigenvalue weighted by Gasteiger charge is 2.28. The zero-order valence-electron chi connectivity index (χ0n) is 18.5. The van der Waals surface area contributed by atoms with E-state index < -0.39 is 0 Å². The van der Waals surface area contributed by atoms with Crippen molar-refractivity contribution < 1.29 is 14.6 Å². The number of piperidine rings is 1. The van der Waals surface area contributed by atoms with Crippen molar-refractivity contribution in [3.05, 3.63) is 77.1 Å². The zero-order chi connectivity index (χ0) is 22.0. The topological polar surface area (TPSA) is 54.7 Å². The fraction of sp³-hybridized carbons (Fsp3) is 0.346. The van der Waals surface area contributed by atoms with E-state index >= 15 is 0 Å². The molecular formula is C26H30N2O3. The van der Waals surface area contributed by atoms with Gasteiger partial charge >= 0.3 is 0 Å². The molecule has 3 aromatic rings. The first kappa shape index (κ1) is 21.2. The van der Waals surface area contributed by atoms with E-state index in [0.717, 1.165) is 28.0 Å². The third-order valence-corrected chi connectivity index (χ3v) is 6.07. The second kappa shape index (κ2) is 8.98. The number of aromatic nitrogens is 1. The molecule has 1 aromatic heterocycles. The van der Waals surface area contributed by atoms with Crippen LogP contribution in [0.15, 0.2) is 54.7 Å². The number of carbonyl (C=O) groups is 1. The number of carbonyl (C=O) groups excluding carboxylic acids is 1. The molecule has 0 aliphatic carbocycles. The van der Waals surface area contributed by atoms with Gasteiger partial charge in [0.05, 0.1) is 13.2 Å². The number of hydrogen-bond acceptors (Lipinski definition) is 3. The van der Waals surface area contributed by atoms with E-state index in [1.807, 2.05) is 29.2 Å². The fourth-order valence-corrected chi connectivity index (χ4v) is 4.28. The van der Waals surface area contributed by atoms with Crippen molar-refractivity contribution in [1.29, 1.82) is 0 Å². The monoisotopic (exact) mass is 418 g/mol. The van der Waals surface area contributed by atoms with Gasteiger partial charge in [-0.1, -0.05) is 42.0 Å². The summed E-state index contributed by atoms with van der Waals surface area (Å²) >= 11 is 0. The van der Waals surface area contributed by atoms with Crippen LogP contribution in [-0.4, -0.2) is 46.8 Å². The molecule has 31 heavy (non-hydrogen) atoms. The number of amides is 1. The minimum absolute atomic E-state index is 0.0316. The molecule has 162 valence electrons. The van der Waals surface area contributed by atoms with Gasteiger partial charge in [-0.3, -0.25) is 4.79 Å². The Morgan fingerprint density at radius 2 is 1.68 bits per heavy atom. The summed E-state index contributed by atoms with van der Waals surface area (Å²) in [7, 11) is 1.66. The van der Waals surface area contributed by atoms with E-state index in [4.69, 9.17) is 4.74 Å². The number of methoxy groups -OCH3 is 1. The molecule has 4 rings (SSSR count). The van der Waals surface area contributed by atoms with Gasteiger partial charge < -0.3 is 19.3 Å². The molecule has 1 saturated heterocycles. The van der Waals surface area contributed by atoms with Gasteiger partial charge in [-0.05, 0) is 55.5 Å². The highest BCUT2D eigenvalue weighted by molar-refractivity contribution is 6.00. The summed E-state index contributed by atoms with van der Waals surface area (Å²) in [5.41, 5.74) is 6.14. The van der Waals surface area contributed by atoms with Crippen LogP contribution >= 0.6 is 0 Å². The molecule has 5 nitrogen and oxygen atoms in total. The lowest BCUT2D eigenvalue weighted by Gasteiger charge is -2.30.